The third-order valence-electron chi connectivity index (χ3n) is 2.97. The monoisotopic (exact) mass is 257 g/mol. The van der Waals surface area contributed by atoms with Gasteiger partial charge in [-0.2, -0.15) is 0 Å². The highest BCUT2D eigenvalue weighted by atomic mass is 35.5. The van der Waals surface area contributed by atoms with Crippen molar-refractivity contribution in [1.29, 1.82) is 0 Å². The predicted molar refractivity (Wildman–Crippen MR) is 69.1 cm³/mol. The van der Waals surface area contributed by atoms with E-state index in [1.54, 1.807) is 12.1 Å². The van der Waals surface area contributed by atoms with Crippen LogP contribution in [0.1, 0.15) is 0 Å². The van der Waals surface area contributed by atoms with E-state index in [9.17, 15) is 4.39 Å². The molecule has 0 bridgehead atoms. The van der Waals surface area contributed by atoms with Gasteiger partial charge in [0.15, 0.2) is 0 Å². The van der Waals surface area contributed by atoms with Gasteiger partial charge in [-0.3, -0.25) is 4.90 Å². The van der Waals surface area contributed by atoms with Crippen LogP contribution in [0.2, 0.25) is 5.02 Å². The standard InChI is InChI=1S/C12H17ClFN3/c1-16(9-17-6-4-15-5-7-17)10-2-3-12(14)11(13)8-10/h2-3,8,15H,4-7,9H2,1H3. The maximum Gasteiger partial charge on any atom is 0.141 e. The Kier molecular flexibility index (Phi) is 4.20. The van der Waals surface area contributed by atoms with E-state index < -0.39 is 0 Å². The number of rotatable bonds is 3. The van der Waals surface area contributed by atoms with Gasteiger partial charge in [-0.1, -0.05) is 11.6 Å². The van der Waals surface area contributed by atoms with Crippen LogP contribution in [0.15, 0.2) is 18.2 Å². The lowest BCUT2D eigenvalue weighted by molar-refractivity contribution is 0.243. The molecule has 0 aliphatic carbocycles. The molecule has 1 N–H and O–H groups in total. The SMILES string of the molecule is CN(CN1CCNCC1)c1ccc(F)c(Cl)c1. The Balaban J connectivity index is 1.98. The predicted octanol–water partition coefficient (Wildman–Crippen LogP) is 1.78. The summed E-state index contributed by atoms with van der Waals surface area (Å²) in [6, 6.07) is 4.83. The maximum absolute atomic E-state index is 13.1. The highest BCUT2D eigenvalue weighted by molar-refractivity contribution is 6.31. The molecule has 0 aromatic heterocycles. The van der Waals surface area contributed by atoms with Crippen LogP contribution in [0.3, 0.4) is 0 Å². The Bertz CT molecular complexity index is 380. The summed E-state index contributed by atoms with van der Waals surface area (Å²) in [6.45, 7) is 4.97. The van der Waals surface area contributed by atoms with E-state index in [1.165, 1.54) is 6.07 Å². The number of nitrogens with zero attached hydrogens (tertiary/aromatic N) is 2. The van der Waals surface area contributed by atoms with Gasteiger partial charge in [0, 0.05) is 38.9 Å². The number of benzene rings is 1. The van der Waals surface area contributed by atoms with Crippen molar-refractivity contribution in [3.63, 3.8) is 0 Å². The largest absolute Gasteiger partial charge is 0.362 e. The second kappa shape index (κ2) is 5.67. The second-order valence-electron chi connectivity index (χ2n) is 4.31. The number of anilines is 1. The van der Waals surface area contributed by atoms with Crippen molar-refractivity contribution in [3.8, 4) is 0 Å². The zero-order chi connectivity index (χ0) is 12.3. The van der Waals surface area contributed by atoms with E-state index in [0.29, 0.717) is 0 Å². The molecule has 0 atom stereocenters. The zero-order valence-corrected chi connectivity index (χ0v) is 10.7. The van der Waals surface area contributed by atoms with E-state index in [4.69, 9.17) is 11.6 Å². The summed E-state index contributed by atoms with van der Waals surface area (Å²) in [6.07, 6.45) is 0. The van der Waals surface area contributed by atoms with Crippen molar-refractivity contribution < 1.29 is 4.39 Å². The highest BCUT2D eigenvalue weighted by Crippen LogP contribution is 2.21. The van der Waals surface area contributed by atoms with Crippen LogP contribution in [-0.2, 0) is 0 Å². The molecular weight excluding hydrogens is 241 g/mol. The summed E-state index contributed by atoms with van der Waals surface area (Å²) in [5.41, 5.74) is 0.940. The number of hydrogen-bond donors (Lipinski definition) is 1. The Morgan fingerprint density at radius 3 is 2.76 bits per heavy atom. The van der Waals surface area contributed by atoms with Gasteiger partial charge in [0.2, 0.25) is 0 Å². The highest BCUT2D eigenvalue weighted by Gasteiger charge is 2.12. The van der Waals surface area contributed by atoms with Crippen LogP contribution in [0.4, 0.5) is 10.1 Å². The molecule has 1 aromatic rings. The maximum atomic E-state index is 13.1. The van der Waals surface area contributed by atoms with E-state index >= 15 is 0 Å². The molecule has 1 aliphatic heterocycles. The Morgan fingerprint density at radius 1 is 1.41 bits per heavy atom. The van der Waals surface area contributed by atoms with Crippen molar-refractivity contribution in [2.45, 2.75) is 0 Å². The van der Waals surface area contributed by atoms with E-state index in [1.807, 2.05) is 7.05 Å². The van der Waals surface area contributed by atoms with Crippen LogP contribution < -0.4 is 10.2 Å². The van der Waals surface area contributed by atoms with Crippen LogP contribution in [0.5, 0.6) is 0 Å². The Hall–Kier alpha value is -0.840. The van der Waals surface area contributed by atoms with Crippen molar-refractivity contribution in [2.75, 3.05) is 44.8 Å². The van der Waals surface area contributed by atoms with Crippen LogP contribution >= 0.6 is 11.6 Å². The van der Waals surface area contributed by atoms with Crippen LogP contribution in [0, 0.1) is 5.82 Å². The average Bonchev–Trinajstić information content (AvgIpc) is 2.34. The fourth-order valence-electron chi connectivity index (χ4n) is 1.96. The number of nitrogens with one attached hydrogen (secondary N) is 1. The summed E-state index contributed by atoms with van der Waals surface area (Å²) in [5, 5.41) is 3.49. The third-order valence-corrected chi connectivity index (χ3v) is 3.26. The van der Waals surface area contributed by atoms with Crippen molar-refractivity contribution in [1.82, 2.24) is 10.2 Å². The van der Waals surface area contributed by atoms with Gasteiger partial charge in [-0.15, -0.1) is 0 Å². The third kappa shape index (κ3) is 3.31. The van der Waals surface area contributed by atoms with Gasteiger partial charge in [-0.25, -0.2) is 4.39 Å². The molecule has 1 fully saturated rings. The summed E-state index contributed by atoms with van der Waals surface area (Å²) >= 11 is 5.78. The van der Waals surface area contributed by atoms with E-state index in [-0.39, 0.29) is 10.8 Å². The molecule has 0 spiro atoms. The molecular formula is C12H17ClFN3. The molecule has 0 unspecified atom stereocenters. The normalized spacial score (nSPS) is 17.1. The molecule has 1 saturated heterocycles. The zero-order valence-electron chi connectivity index (χ0n) is 9.92. The number of halogens is 2. The average molecular weight is 258 g/mol. The number of piperazine rings is 1. The molecule has 3 nitrogen and oxygen atoms in total. The molecule has 17 heavy (non-hydrogen) atoms. The Morgan fingerprint density at radius 2 is 2.12 bits per heavy atom. The van der Waals surface area contributed by atoms with Crippen LogP contribution in [0.25, 0.3) is 0 Å². The number of hydrogen-bond acceptors (Lipinski definition) is 3. The summed E-state index contributed by atoms with van der Waals surface area (Å²) in [5.74, 6) is -0.369. The first-order valence-electron chi connectivity index (χ1n) is 5.76. The summed E-state index contributed by atoms with van der Waals surface area (Å²) < 4.78 is 13.1. The fraction of sp³-hybridized carbons (Fsp3) is 0.500. The molecule has 1 aromatic carbocycles. The molecule has 0 radical (unpaired) electrons. The lowest BCUT2D eigenvalue weighted by Crippen LogP contribution is -2.47. The molecule has 0 amide bonds. The van der Waals surface area contributed by atoms with Gasteiger partial charge in [0.1, 0.15) is 5.82 Å². The smallest absolute Gasteiger partial charge is 0.141 e. The van der Waals surface area contributed by atoms with Gasteiger partial charge in [0.05, 0.1) is 11.7 Å². The minimum atomic E-state index is -0.369. The van der Waals surface area contributed by atoms with Gasteiger partial charge >= 0.3 is 0 Å². The lowest BCUT2D eigenvalue weighted by Gasteiger charge is -2.32. The quantitative estimate of drug-likeness (QED) is 0.891. The van der Waals surface area contributed by atoms with E-state index in [0.717, 1.165) is 38.5 Å². The minimum Gasteiger partial charge on any atom is -0.362 e. The molecule has 0 saturated carbocycles. The fourth-order valence-corrected chi connectivity index (χ4v) is 2.13. The molecule has 5 heteroatoms. The van der Waals surface area contributed by atoms with Gasteiger partial charge in [-0.05, 0) is 18.2 Å². The van der Waals surface area contributed by atoms with Gasteiger partial charge in [0.25, 0.3) is 0 Å². The second-order valence-corrected chi connectivity index (χ2v) is 4.71. The molecule has 2 rings (SSSR count). The van der Waals surface area contributed by atoms with Crippen molar-refractivity contribution >= 4 is 17.3 Å². The first-order valence-corrected chi connectivity index (χ1v) is 6.14. The van der Waals surface area contributed by atoms with Crippen LogP contribution in [-0.4, -0.2) is 44.8 Å². The first-order chi connectivity index (χ1) is 8.16. The van der Waals surface area contributed by atoms with E-state index in [2.05, 4.69) is 15.1 Å². The summed E-state index contributed by atoms with van der Waals surface area (Å²) in [7, 11) is 1.99. The van der Waals surface area contributed by atoms with Crippen molar-refractivity contribution in [3.05, 3.63) is 29.0 Å². The molecule has 1 heterocycles. The van der Waals surface area contributed by atoms with Gasteiger partial charge < -0.3 is 10.2 Å². The summed E-state index contributed by atoms with van der Waals surface area (Å²) in [4.78, 5) is 4.43. The minimum absolute atomic E-state index is 0.176. The Labute approximate surface area is 106 Å². The topological polar surface area (TPSA) is 18.5 Å². The first kappa shape index (κ1) is 12.6. The molecule has 94 valence electrons. The molecule has 1 aliphatic rings. The van der Waals surface area contributed by atoms with Crippen molar-refractivity contribution in [2.24, 2.45) is 0 Å². The lowest BCUT2D eigenvalue weighted by atomic mass is 10.3.